The predicted octanol–water partition coefficient (Wildman–Crippen LogP) is 3.36. The van der Waals surface area contributed by atoms with Crippen molar-refractivity contribution in [1.82, 2.24) is 9.97 Å². The highest BCUT2D eigenvalue weighted by atomic mass is 35.5. The molecule has 0 saturated carbocycles. The summed E-state index contributed by atoms with van der Waals surface area (Å²) in [6.45, 7) is 2.06. The third-order valence-electron chi connectivity index (χ3n) is 2.01. The van der Waals surface area contributed by atoms with Gasteiger partial charge in [0.2, 0.25) is 0 Å². The van der Waals surface area contributed by atoms with Crippen LogP contribution in [-0.4, -0.2) is 9.97 Å². The summed E-state index contributed by atoms with van der Waals surface area (Å²) >= 11 is 7.29. The summed E-state index contributed by atoms with van der Waals surface area (Å²) in [7, 11) is 0. The van der Waals surface area contributed by atoms with Gasteiger partial charge in [0.15, 0.2) is 0 Å². The maximum atomic E-state index is 5.70. The zero-order valence-electron chi connectivity index (χ0n) is 8.14. The first-order chi connectivity index (χ1) is 7.25. The standard InChI is InChI=1S/C10H10ClN3S/c1-7(9-5-15-6-13-9)14-8-2-3-10(11)12-4-8/h2-7,14H,1H3. The van der Waals surface area contributed by atoms with Crippen LogP contribution < -0.4 is 5.32 Å². The van der Waals surface area contributed by atoms with Gasteiger partial charge in [0, 0.05) is 5.38 Å². The largest absolute Gasteiger partial charge is 0.376 e. The molecule has 2 aromatic rings. The Kier molecular flexibility index (Phi) is 3.18. The molecule has 2 rings (SSSR count). The first kappa shape index (κ1) is 10.4. The average Bonchev–Trinajstić information content (AvgIpc) is 2.74. The fourth-order valence-electron chi connectivity index (χ4n) is 1.22. The number of nitrogens with one attached hydrogen (secondary N) is 1. The van der Waals surface area contributed by atoms with Crippen molar-refractivity contribution in [3.63, 3.8) is 0 Å². The highest BCUT2D eigenvalue weighted by Crippen LogP contribution is 2.19. The molecule has 0 radical (unpaired) electrons. The summed E-state index contributed by atoms with van der Waals surface area (Å²) in [6.07, 6.45) is 1.71. The minimum absolute atomic E-state index is 0.180. The Hall–Kier alpha value is -1.13. The van der Waals surface area contributed by atoms with E-state index in [0.29, 0.717) is 5.15 Å². The molecule has 0 fully saturated rings. The fraction of sp³-hybridized carbons (Fsp3) is 0.200. The lowest BCUT2D eigenvalue weighted by atomic mass is 10.2. The first-order valence-electron chi connectivity index (χ1n) is 4.52. The number of hydrogen-bond donors (Lipinski definition) is 1. The van der Waals surface area contributed by atoms with Gasteiger partial charge in [0.1, 0.15) is 5.15 Å². The number of halogens is 1. The highest BCUT2D eigenvalue weighted by molar-refractivity contribution is 7.07. The molecule has 1 N–H and O–H groups in total. The zero-order valence-corrected chi connectivity index (χ0v) is 9.72. The van der Waals surface area contributed by atoms with Crippen LogP contribution in [0.2, 0.25) is 5.15 Å². The van der Waals surface area contributed by atoms with Crippen LogP contribution in [0.25, 0.3) is 0 Å². The lowest BCUT2D eigenvalue weighted by Crippen LogP contribution is -2.06. The minimum atomic E-state index is 0.180. The molecule has 5 heteroatoms. The Morgan fingerprint density at radius 3 is 2.87 bits per heavy atom. The number of anilines is 1. The predicted molar refractivity (Wildman–Crippen MR) is 63.4 cm³/mol. The second kappa shape index (κ2) is 4.59. The van der Waals surface area contributed by atoms with E-state index in [4.69, 9.17) is 11.6 Å². The molecular formula is C10H10ClN3S. The van der Waals surface area contributed by atoms with Crippen LogP contribution in [0.1, 0.15) is 18.7 Å². The van der Waals surface area contributed by atoms with Crippen molar-refractivity contribution in [1.29, 1.82) is 0 Å². The van der Waals surface area contributed by atoms with E-state index in [2.05, 4.69) is 22.2 Å². The maximum Gasteiger partial charge on any atom is 0.129 e. The van der Waals surface area contributed by atoms with Gasteiger partial charge in [-0.1, -0.05) is 11.6 Å². The van der Waals surface area contributed by atoms with E-state index < -0.39 is 0 Å². The van der Waals surface area contributed by atoms with Gasteiger partial charge in [-0.15, -0.1) is 11.3 Å². The Labute approximate surface area is 97.2 Å². The van der Waals surface area contributed by atoms with Crippen LogP contribution in [0, 0.1) is 0 Å². The first-order valence-corrected chi connectivity index (χ1v) is 5.84. The molecule has 3 nitrogen and oxygen atoms in total. The molecule has 78 valence electrons. The molecule has 2 heterocycles. The normalized spacial score (nSPS) is 12.4. The number of rotatable bonds is 3. The van der Waals surface area contributed by atoms with Gasteiger partial charge < -0.3 is 5.32 Å². The lowest BCUT2D eigenvalue weighted by Gasteiger charge is -2.12. The van der Waals surface area contributed by atoms with Crippen LogP contribution in [0.5, 0.6) is 0 Å². The van der Waals surface area contributed by atoms with Crippen molar-refractivity contribution in [3.8, 4) is 0 Å². The third kappa shape index (κ3) is 2.67. The van der Waals surface area contributed by atoms with E-state index in [1.807, 2.05) is 17.0 Å². The van der Waals surface area contributed by atoms with Crippen LogP contribution in [0.15, 0.2) is 29.2 Å². The number of pyridine rings is 1. The molecule has 1 unspecified atom stereocenters. The number of nitrogens with zero attached hydrogens (tertiary/aromatic N) is 2. The molecule has 2 aromatic heterocycles. The van der Waals surface area contributed by atoms with E-state index in [-0.39, 0.29) is 6.04 Å². The van der Waals surface area contributed by atoms with E-state index in [1.54, 1.807) is 23.6 Å². The molecule has 0 aliphatic heterocycles. The minimum Gasteiger partial charge on any atom is -0.376 e. The van der Waals surface area contributed by atoms with Crippen molar-refractivity contribution in [2.75, 3.05) is 5.32 Å². The van der Waals surface area contributed by atoms with E-state index in [1.165, 1.54) is 0 Å². The van der Waals surface area contributed by atoms with Gasteiger partial charge in [-0.3, -0.25) is 0 Å². The maximum absolute atomic E-state index is 5.70. The summed E-state index contributed by atoms with van der Waals surface area (Å²) < 4.78 is 0. The number of hydrogen-bond acceptors (Lipinski definition) is 4. The van der Waals surface area contributed by atoms with Gasteiger partial charge in [0.25, 0.3) is 0 Å². The molecule has 0 spiro atoms. The monoisotopic (exact) mass is 239 g/mol. The van der Waals surface area contributed by atoms with E-state index >= 15 is 0 Å². The number of thiazole rings is 1. The fourth-order valence-corrected chi connectivity index (χ4v) is 1.98. The summed E-state index contributed by atoms with van der Waals surface area (Å²) in [5.41, 5.74) is 3.81. The second-order valence-corrected chi connectivity index (χ2v) is 4.25. The SMILES string of the molecule is CC(Nc1ccc(Cl)nc1)c1cscn1. The van der Waals surface area contributed by atoms with Crippen molar-refractivity contribution in [3.05, 3.63) is 40.1 Å². The Morgan fingerprint density at radius 2 is 2.27 bits per heavy atom. The summed E-state index contributed by atoms with van der Waals surface area (Å²) in [4.78, 5) is 8.24. The molecule has 0 aliphatic carbocycles. The van der Waals surface area contributed by atoms with Gasteiger partial charge >= 0.3 is 0 Å². The van der Waals surface area contributed by atoms with Crippen molar-refractivity contribution < 1.29 is 0 Å². The van der Waals surface area contributed by atoms with Crippen molar-refractivity contribution in [2.24, 2.45) is 0 Å². The molecule has 0 bridgehead atoms. The molecule has 0 amide bonds. The molecule has 0 aromatic carbocycles. The van der Waals surface area contributed by atoms with Crippen LogP contribution in [0.4, 0.5) is 5.69 Å². The highest BCUT2D eigenvalue weighted by Gasteiger charge is 2.06. The van der Waals surface area contributed by atoms with Gasteiger partial charge in [-0.2, -0.15) is 0 Å². The zero-order chi connectivity index (χ0) is 10.7. The molecule has 15 heavy (non-hydrogen) atoms. The molecular weight excluding hydrogens is 230 g/mol. The molecule has 0 saturated heterocycles. The Balaban J connectivity index is 2.06. The average molecular weight is 240 g/mol. The Bertz CT molecular complexity index is 413. The summed E-state index contributed by atoms with van der Waals surface area (Å²) in [5.74, 6) is 0. The topological polar surface area (TPSA) is 37.8 Å². The van der Waals surface area contributed by atoms with Crippen LogP contribution in [-0.2, 0) is 0 Å². The van der Waals surface area contributed by atoms with Gasteiger partial charge in [-0.05, 0) is 19.1 Å². The van der Waals surface area contributed by atoms with Gasteiger partial charge in [-0.25, -0.2) is 9.97 Å². The van der Waals surface area contributed by atoms with Crippen LogP contribution in [0.3, 0.4) is 0 Å². The quantitative estimate of drug-likeness (QED) is 0.835. The molecule has 0 aliphatic rings. The van der Waals surface area contributed by atoms with Crippen LogP contribution >= 0.6 is 22.9 Å². The smallest absolute Gasteiger partial charge is 0.129 e. The van der Waals surface area contributed by atoms with E-state index in [9.17, 15) is 0 Å². The van der Waals surface area contributed by atoms with Crippen molar-refractivity contribution >= 4 is 28.6 Å². The van der Waals surface area contributed by atoms with E-state index in [0.717, 1.165) is 11.4 Å². The third-order valence-corrected chi connectivity index (χ3v) is 2.83. The molecule has 1 atom stereocenters. The lowest BCUT2D eigenvalue weighted by molar-refractivity contribution is 0.849. The van der Waals surface area contributed by atoms with Crippen molar-refractivity contribution in [2.45, 2.75) is 13.0 Å². The van der Waals surface area contributed by atoms with Gasteiger partial charge in [0.05, 0.1) is 29.1 Å². The Morgan fingerprint density at radius 1 is 1.40 bits per heavy atom. The summed E-state index contributed by atoms with van der Waals surface area (Å²) in [6, 6.07) is 3.84. The number of aromatic nitrogens is 2. The summed E-state index contributed by atoms with van der Waals surface area (Å²) in [5, 5.41) is 5.83. The second-order valence-electron chi connectivity index (χ2n) is 3.15.